The quantitative estimate of drug-likeness (QED) is 0.738. The van der Waals surface area contributed by atoms with Crippen LogP contribution in [0.4, 0.5) is 14.5 Å². The summed E-state index contributed by atoms with van der Waals surface area (Å²) in [4.78, 5) is 29.0. The number of amides is 1. The first-order valence-corrected chi connectivity index (χ1v) is 8.30. The second kappa shape index (κ2) is 7.67. The van der Waals surface area contributed by atoms with Crippen LogP contribution in [0.15, 0.2) is 53.3 Å². The fourth-order valence-corrected chi connectivity index (χ4v) is 2.68. The average Bonchev–Trinajstić information content (AvgIpc) is 2.60. The highest BCUT2D eigenvalue weighted by atomic mass is 35.5. The number of anilines is 1. The summed E-state index contributed by atoms with van der Waals surface area (Å²) in [6.07, 6.45) is 0. The SMILES string of the molecule is Cc1cc(=O)n(CC(=O)Nc2ccc(Cl)cc2F)c(-c2ccc(F)cc2)n1. The van der Waals surface area contributed by atoms with Crippen molar-refractivity contribution in [2.45, 2.75) is 13.5 Å². The molecular formula is C19H14ClF2N3O2. The summed E-state index contributed by atoms with van der Waals surface area (Å²) < 4.78 is 28.2. The number of hydrogen-bond donors (Lipinski definition) is 1. The largest absolute Gasteiger partial charge is 0.322 e. The van der Waals surface area contributed by atoms with E-state index in [-0.39, 0.29) is 23.1 Å². The lowest BCUT2D eigenvalue weighted by atomic mass is 10.2. The van der Waals surface area contributed by atoms with E-state index in [1.807, 2.05) is 0 Å². The van der Waals surface area contributed by atoms with E-state index in [1.54, 1.807) is 6.92 Å². The molecule has 0 spiro atoms. The summed E-state index contributed by atoms with van der Waals surface area (Å²) in [6, 6.07) is 10.5. The number of aryl methyl sites for hydroxylation is 1. The van der Waals surface area contributed by atoms with Crippen LogP contribution < -0.4 is 10.9 Å². The minimum absolute atomic E-state index is 0.0548. The Balaban J connectivity index is 1.93. The number of carbonyl (C=O) groups is 1. The molecule has 0 saturated heterocycles. The molecule has 1 heterocycles. The lowest BCUT2D eigenvalue weighted by Crippen LogP contribution is -2.29. The Kier molecular flexibility index (Phi) is 5.32. The third kappa shape index (κ3) is 4.38. The van der Waals surface area contributed by atoms with E-state index < -0.39 is 23.1 Å². The minimum Gasteiger partial charge on any atom is -0.322 e. The highest BCUT2D eigenvalue weighted by Crippen LogP contribution is 2.20. The van der Waals surface area contributed by atoms with Gasteiger partial charge in [-0.1, -0.05) is 11.6 Å². The van der Waals surface area contributed by atoms with Crippen LogP contribution in [0.3, 0.4) is 0 Å². The van der Waals surface area contributed by atoms with Crippen molar-refractivity contribution in [2.24, 2.45) is 0 Å². The molecule has 0 atom stereocenters. The maximum atomic E-state index is 13.8. The molecule has 5 nitrogen and oxygen atoms in total. The molecule has 0 bridgehead atoms. The summed E-state index contributed by atoms with van der Waals surface area (Å²) in [5.41, 5.74) is 0.428. The lowest BCUT2D eigenvalue weighted by Gasteiger charge is -2.13. The Morgan fingerprint density at radius 2 is 1.85 bits per heavy atom. The van der Waals surface area contributed by atoms with Crippen molar-refractivity contribution in [3.05, 3.63) is 81.2 Å². The molecule has 27 heavy (non-hydrogen) atoms. The molecule has 0 fully saturated rings. The number of benzene rings is 2. The zero-order valence-corrected chi connectivity index (χ0v) is 14.9. The summed E-state index contributed by atoms with van der Waals surface area (Å²) in [6.45, 7) is 1.25. The number of nitrogens with one attached hydrogen (secondary N) is 1. The van der Waals surface area contributed by atoms with Crippen molar-refractivity contribution in [1.29, 1.82) is 0 Å². The van der Waals surface area contributed by atoms with Crippen molar-refractivity contribution in [3.8, 4) is 11.4 Å². The zero-order chi connectivity index (χ0) is 19.6. The van der Waals surface area contributed by atoms with E-state index in [4.69, 9.17) is 11.6 Å². The smallest absolute Gasteiger partial charge is 0.254 e. The number of nitrogens with zero attached hydrogens (tertiary/aromatic N) is 2. The summed E-state index contributed by atoms with van der Waals surface area (Å²) in [5, 5.41) is 2.59. The molecular weight excluding hydrogens is 376 g/mol. The first-order valence-electron chi connectivity index (χ1n) is 7.93. The van der Waals surface area contributed by atoms with Gasteiger partial charge in [0, 0.05) is 22.3 Å². The Hall–Kier alpha value is -3.06. The Bertz CT molecular complexity index is 1070. The maximum absolute atomic E-state index is 13.8. The van der Waals surface area contributed by atoms with Gasteiger partial charge in [0.25, 0.3) is 5.56 Å². The molecule has 0 aliphatic rings. The van der Waals surface area contributed by atoms with Gasteiger partial charge in [-0.05, 0) is 49.4 Å². The second-order valence-corrected chi connectivity index (χ2v) is 6.26. The van der Waals surface area contributed by atoms with Crippen LogP contribution in [-0.4, -0.2) is 15.5 Å². The van der Waals surface area contributed by atoms with E-state index in [0.717, 1.165) is 10.6 Å². The highest BCUT2D eigenvalue weighted by molar-refractivity contribution is 6.30. The number of halogens is 3. The molecule has 1 amide bonds. The van der Waals surface area contributed by atoms with Crippen molar-refractivity contribution in [2.75, 3.05) is 5.32 Å². The zero-order valence-electron chi connectivity index (χ0n) is 14.2. The molecule has 0 saturated carbocycles. The second-order valence-electron chi connectivity index (χ2n) is 5.82. The van der Waals surface area contributed by atoms with Gasteiger partial charge in [-0.15, -0.1) is 0 Å². The minimum atomic E-state index is -0.691. The number of carbonyl (C=O) groups excluding carboxylic acids is 1. The number of rotatable bonds is 4. The molecule has 3 rings (SSSR count). The molecule has 0 radical (unpaired) electrons. The number of aromatic nitrogens is 2. The molecule has 138 valence electrons. The first-order chi connectivity index (χ1) is 12.8. The Morgan fingerprint density at radius 1 is 1.15 bits per heavy atom. The van der Waals surface area contributed by atoms with Crippen molar-refractivity contribution in [3.63, 3.8) is 0 Å². The predicted octanol–water partition coefficient (Wildman–Crippen LogP) is 3.79. The van der Waals surface area contributed by atoms with Crippen LogP contribution >= 0.6 is 11.6 Å². The third-order valence-corrected chi connectivity index (χ3v) is 3.98. The predicted molar refractivity (Wildman–Crippen MR) is 98.7 cm³/mol. The van der Waals surface area contributed by atoms with Gasteiger partial charge in [-0.3, -0.25) is 14.2 Å². The first kappa shape index (κ1) is 18.7. The number of hydrogen-bond acceptors (Lipinski definition) is 3. The molecule has 3 aromatic rings. The third-order valence-electron chi connectivity index (χ3n) is 3.75. The maximum Gasteiger partial charge on any atom is 0.254 e. The van der Waals surface area contributed by atoms with Crippen LogP contribution in [0, 0.1) is 18.6 Å². The van der Waals surface area contributed by atoms with Crippen molar-refractivity contribution < 1.29 is 13.6 Å². The van der Waals surface area contributed by atoms with Crippen LogP contribution in [0.1, 0.15) is 5.69 Å². The van der Waals surface area contributed by atoms with Crippen LogP contribution in [0.2, 0.25) is 5.02 Å². The van der Waals surface area contributed by atoms with Crippen LogP contribution in [0.25, 0.3) is 11.4 Å². The molecule has 2 aromatic carbocycles. The lowest BCUT2D eigenvalue weighted by molar-refractivity contribution is -0.116. The normalized spacial score (nSPS) is 10.7. The fourth-order valence-electron chi connectivity index (χ4n) is 2.52. The van der Waals surface area contributed by atoms with Gasteiger partial charge in [0.05, 0.1) is 5.69 Å². The van der Waals surface area contributed by atoms with Gasteiger partial charge in [-0.2, -0.15) is 0 Å². The highest BCUT2D eigenvalue weighted by Gasteiger charge is 2.14. The Morgan fingerprint density at radius 3 is 2.52 bits per heavy atom. The molecule has 0 unspecified atom stereocenters. The fraction of sp³-hybridized carbons (Fsp3) is 0.105. The molecule has 0 aliphatic heterocycles. The van der Waals surface area contributed by atoms with E-state index in [1.165, 1.54) is 42.5 Å². The van der Waals surface area contributed by atoms with Gasteiger partial charge in [0.15, 0.2) is 0 Å². The average molecular weight is 390 g/mol. The topological polar surface area (TPSA) is 64.0 Å². The van der Waals surface area contributed by atoms with E-state index in [0.29, 0.717) is 11.3 Å². The molecule has 1 N–H and O–H groups in total. The van der Waals surface area contributed by atoms with E-state index in [2.05, 4.69) is 10.3 Å². The molecule has 8 heteroatoms. The van der Waals surface area contributed by atoms with Gasteiger partial charge in [-0.25, -0.2) is 13.8 Å². The van der Waals surface area contributed by atoms with E-state index in [9.17, 15) is 18.4 Å². The van der Waals surface area contributed by atoms with Crippen LogP contribution in [-0.2, 0) is 11.3 Å². The van der Waals surface area contributed by atoms with Crippen LogP contribution in [0.5, 0.6) is 0 Å². The summed E-state index contributed by atoms with van der Waals surface area (Å²) >= 11 is 5.69. The molecule has 0 aliphatic carbocycles. The summed E-state index contributed by atoms with van der Waals surface area (Å²) in [7, 11) is 0. The standard InChI is InChI=1S/C19H14ClF2N3O2/c1-11-8-18(27)25(19(23-11)12-2-5-14(21)6-3-12)10-17(26)24-16-7-4-13(20)9-15(16)22/h2-9H,10H2,1H3,(H,24,26). The van der Waals surface area contributed by atoms with Gasteiger partial charge < -0.3 is 5.32 Å². The van der Waals surface area contributed by atoms with Gasteiger partial charge in [0.2, 0.25) is 5.91 Å². The van der Waals surface area contributed by atoms with Gasteiger partial charge in [0.1, 0.15) is 24.0 Å². The van der Waals surface area contributed by atoms with Crippen molar-refractivity contribution >= 4 is 23.2 Å². The van der Waals surface area contributed by atoms with Crippen molar-refractivity contribution in [1.82, 2.24) is 9.55 Å². The monoisotopic (exact) mass is 389 g/mol. The summed E-state index contributed by atoms with van der Waals surface area (Å²) in [5.74, 6) is -1.53. The molecule has 1 aromatic heterocycles. The Labute approximate surface area is 158 Å². The van der Waals surface area contributed by atoms with Gasteiger partial charge >= 0.3 is 0 Å². The van der Waals surface area contributed by atoms with E-state index >= 15 is 0 Å².